The van der Waals surface area contributed by atoms with Crippen molar-refractivity contribution in [3.05, 3.63) is 71.8 Å². The first-order valence-corrected chi connectivity index (χ1v) is 9.95. The van der Waals surface area contributed by atoms with E-state index in [2.05, 4.69) is 5.32 Å². The van der Waals surface area contributed by atoms with E-state index < -0.39 is 24.2 Å². The van der Waals surface area contributed by atoms with Gasteiger partial charge in [0.25, 0.3) is 5.91 Å². The van der Waals surface area contributed by atoms with Gasteiger partial charge in [0.05, 0.1) is 17.7 Å². The highest BCUT2D eigenvalue weighted by Gasteiger charge is 2.27. The van der Waals surface area contributed by atoms with Crippen molar-refractivity contribution in [1.29, 1.82) is 5.26 Å². The van der Waals surface area contributed by atoms with Gasteiger partial charge >= 0.3 is 6.09 Å². The van der Waals surface area contributed by atoms with E-state index in [1.54, 1.807) is 42.5 Å². The Morgan fingerprint density at radius 3 is 2.44 bits per heavy atom. The van der Waals surface area contributed by atoms with Crippen LogP contribution in [0, 0.1) is 11.3 Å². The summed E-state index contributed by atoms with van der Waals surface area (Å²) in [7, 11) is 0. The molecule has 9 heteroatoms. The van der Waals surface area contributed by atoms with Gasteiger partial charge in [-0.2, -0.15) is 5.26 Å². The number of hydroxylamine groups is 1. The molecule has 0 spiro atoms. The van der Waals surface area contributed by atoms with Gasteiger partial charge in [0, 0.05) is 18.4 Å². The number of anilines is 1. The topological polar surface area (TPSA) is 141 Å². The number of phenols is 1. The molecule has 32 heavy (non-hydrogen) atoms. The van der Waals surface area contributed by atoms with Crippen LogP contribution in [0.2, 0.25) is 0 Å². The third-order valence-corrected chi connectivity index (χ3v) is 4.43. The lowest BCUT2D eigenvalue weighted by Crippen LogP contribution is -2.29. The molecule has 2 aromatic carbocycles. The molecule has 2 aromatic rings. The predicted molar refractivity (Wildman–Crippen MR) is 116 cm³/mol. The molecule has 0 aliphatic rings. The number of hydrogen-bond donors (Lipinski definition) is 4. The highest BCUT2D eigenvalue weighted by atomic mass is 16.6. The molecule has 0 unspecified atom stereocenters. The van der Waals surface area contributed by atoms with Crippen LogP contribution in [-0.2, 0) is 14.3 Å². The molecule has 0 bridgehead atoms. The van der Waals surface area contributed by atoms with Gasteiger partial charge in [0.2, 0.25) is 0 Å². The van der Waals surface area contributed by atoms with E-state index in [0.717, 1.165) is 0 Å². The summed E-state index contributed by atoms with van der Waals surface area (Å²) in [5.41, 5.74) is 3.06. The van der Waals surface area contributed by atoms with Gasteiger partial charge in [-0.1, -0.05) is 18.2 Å². The largest absolute Gasteiger partial charge is 0.508 e. The Balaban J connectivity index is 2.17. The molecule has 168 valence electrons. The second kappa shape index (κ2) is 12.7. The van der Waals surface area contributed by atoms with Crippen LogP contribution in [-0.4, -0.2) is 35.0 Å². The first-order chi connectivity index (χ1) is 15.5. The summed E-state index contributed by atoms with van der Waals surface area (Å²) in [5.74, 6) is -0.577. The number of carbonyl (C=O) groups is 2. The highest BCUT2D eigenvalue weighted by Crippen LogP contribution is 2.29. The summed E-state index contributed by atoms with van der Waals surface area (Å²) in [6, 6.07) is 14.6. The van der Waals surface area contributed by atoms with Crippen molar-refractivity contribution in [3.8, 4) is 11.8 Å². The lowest BCUT2D eigenvalue weighted by Gasteiger charge is -2.27. The molecule has 0 aliphatic carbocycles. The fraction of sp³-hybridized carbons (Fsp3) is 0.261. The van der Waals surface area contributed by atoms with Crippen molar-refractivity contribution in [1.82, 2.24) is 5.48 Å². The average Bonchev–Trinajstić information content (AvgIpc) is 2.80. The molecule has 0 saturated carbocycles. The first-order valence-electron chi connectivity index (χ1n) is 9.95. The molecule has 0 heterocycles. The number of nitrogens with one attached hydrogen (secondary N) is 2. The molecule has 0 fully saturated rings. The molecule has 0 aliphatic heterocycles. The second-order valence-electron chi connectivity index (χ2n) is 6.68. The van der Waals surface area contributed by atoms with Gasteiger partial charge < -0.3 is 14.6 Å². The molecule has 4 N–H and O–H groups in total. The standard InChI is InChI=1S/C23H25N3O6/c1-2-31-20(5-3-4-6-21(28)26-30)22(17-9-13-19(27)14-10-17)32-23(29)25-18-11-7-16(15-24)8-12-18/h4,6-14,20,22,27,30H,2-3,5H2,1H3,(H,25,29)(H,26,28)/b6-4+/t20-,22-/m0/s1. The zero-order valence-corrected chi connectivity index (χ0v) is 17.5. The van der Waals surface area contributed by atoms with E-state index in [-0.39, 0.29) is 5.75 Å². The number of aromatic hydroxyl groups is 1. The maximum absolute atomic E-state index is 12.6. The normalized spacial score (nSPS) is 12.5. The molecule has 0 saturated heterocycles. The zero-order chi connectivity index (χ0) is 23.3. The number of allylic oxidation sites excluding steroid dienone is 1. The Hall–Kier alpha value is -3.87. The van der Waals surface area contributed by atoms with Crippen molar-refractivity contribution in [2.45, 2.75) is 32.0 Å². The summed E-state index contributed by atoms with van der Waals surface area (Å²) in [5, 5.41) is 29.7. The molecule has 9 nitrogen and oxygen atoms in total. The zero-order valence-electron chi connectivity index (χ0n) is 17.5. The molecule has 0 radical (unpaired) electrons. The van der Waals surface area contributed by atoms with Gasteiger partial charge in [-0.05, 0) is 61.7 Å². The van der Waals surface area contributed by atoms with E-state index in [0.29, 0.717) is 36.3 Å². The maximum atomic E-state index is 12.6. The summed E-state index contributed by atoms with van der Waals surface area (Å²) in [4.78, 5) is 23.7. The van der Waals surface area contributed by atoms with Crippen LogP contribution in [0.25, 0.3) is 0 Å². The number of benzene rings is 2. The van der Waals surface area contributed by atoms with Crippen LogP contribution in [0.5, 0.6) is 5.75 Å². The van der Waals surface area contributed by atoms with Crippen molar-refractivity contribution in [2.75, 3.05) is 11.9 Å². The molecule has 2 atom stereocenters. The van der Waals surface area contributed by atoms with Crippen molar-refractivity contribution >= 4 is 17.7 Å². The highest BCUT2D eigenvalue weighted by molar-refractivity contribution is 5.86. The van der Waals surface area contributed by atoms with Gasteiger partial charge in [-0.3, -0.25) is 15.3 Å². The lowest BCUT2D eigenvalue weighted by molar-refractivity contribution is -0.124. The van der Waals surface area contributed by atoms with Crippen LogP contribution >= 0.6 is 0 Å². The van der Waals surface area contributed by atoms with Crippen molar-refractivity contribution in [3.63, 3.8) is 0 Å². The fourth-order valence-corrected chi connectivity index (χ4v) is 2.94. The number of nitrogens with zero attached hydrogens (tertiary/aromatic N) is 1. The van der Waals surface area contributed by atoms with Gasteiger partial charge in [0.1, 0.15) is 5.75 Å². The van der Waals surface area contributed by atoms with Gasteiger partial charge in [-0.15, -0.1) is 0 Å². The Kier molecular flexibility index (Phi) is 9.71. The lowest BCUT2D eigenvalue weighted by atomic mass is 10.00. The van der Waals surface area contributed by atoms with Crippen LogP contribution in [0.4, 0.5) is 10.5 Å². The third kappa shape index (κ3) is 7.75. The number of phenolic OH excluding ortho intramolecular Hbond substituents is 1. The Labute approximate surface area is 185 Å². The van der Waals surface area contributed by atoms with Gasteiger partial charge in [0.15, 0.2) is 6.10 Å². The summed E-state index contributed by atoms with van der Waals surface area (Å²) in [6.45, 7) is 2.17. The number of rotatable bonds is 10. The minimum absolute atomic E-state index is 0.0699. The van der Waals surface area contributed by atoms with E-state index in [9.17, 15) is 14.7 Å². The quantitative estimate of drug-likeness (QED) is 0.251. The van der Waals surface area contributed by atoms with E-state index in [1.165, 1.54) is 23.7 Å². The molecule has 2 rings (SSSR count). The van der Waals surface area contributed by atoms with E-state index >= 15 is 0 Å². The number of hydrogen-bond acceptors (Lipinski definition) is 7. The maximum Gasteiger partial charge on any atom is 0.412 e. The number of ether oxygens (including phenoxy) is 2. The van der Waals surface area contributed by atoms with Crippen LogP contribution in [0.1, 0.15) is 37.0 Å². The summed E-state index contributed by atoms with van der Waals surface area (Å²) < 4.78 is 11.5. The van der Waals surface area contributed by atoms with Crippen LogP contribution < -0.4 is 10.8 Å². The monoisotopic (exact) mass is 439 g/mol. The van der Waals surface area contributed by atoms with Crippen LogP contribution in [0.3, 0.4) is 0 Å². The SMILES string of the molecule is CCO[C@@H](CC/C=C/C(=O)NO)[C@@H](OC(=O)Nc1ccc(C#N)cc1)c1ccc(O)cc1. The smallest absolute Gasteiger partial charge is 0.412 e. The Bertz CT molecular complexity index is 951. The average molecular weight is 439 g/mol. The fourth-order valence-electron chi connectivity index (χ4n) is 2.94. The number of carbonyl (C=O) groups excluding carboxylic acids is 2. The second-order valence-corrected chi connectivity index (χ2v) is 6.68. The third-order valence-electron chi connectivity index (χ3n) is 4.43. The minimum Gasteiger partial charge on any atom is -0.508 e. The number of amides is 2. The van der Waals surface area contributed by atoms with E-state index in [1.807, 2.05) is 13.0 Å². The molecule has 2 amide bonds. The minimum atomic E-state index is -0.797. The van der Waals surface area contributed by atoms with Crippen LogP contribution in [0.15, 0.2) is 60.7 Å². The first kappa shape index (κ1) is 24.4. The molecular weight excluding hydrogens is 414 g/mol. The molecular formula is C23H25N3O6. The number of nitriles is 1. The summed E-state index contributed by atoms with van der Waals surface area (Å²) >= 11 is 0. The van der Waals surface area contributed by atoms with Gasteiger partial charge in [-0.25, -0.2) is 10.3 Å². The van der Waals surface area contributed by atoms with Crippen molar-refractivity contribution in [2.24, 2.45) is 0 Å². The Morgan fingerprint density at radius 1 is 1.16 bits per heavy atom. The predicted octanol–water partition coefficient (Wildman–Crippen LogP) is 3.80. The van der Waals surface area contributed by atoms with Crippen molar-refractivity contribution < 1.29 is 29.4 Å². The summed E-state index contributed by atoms with van der Waals surface area (Å²) in [6.07, 6.45) is 1.55. The molecule has 0 aromatic heterocycles. The Morgan fingerprint density at radius 2 is 1.84 bits per heavy atom. The van der Waals surface area contributed by atoms with E-state index in [4.69, 9.17) is 19.9 Å².